The molecule has 200 valence electrons. The summed E-state index contributed by atoms with van der Waals surface area (Å²) in [5, 5.41) is 11.4. The van der Waals surface area contributed by atoms with Crippen LogP contribution >= 0.6 is 0 Å². The Bertz CT molecular complexity index is 1450. The maximum absolute atomic E-state index is 13.1. The summed E-state index contributed by atoms with van der Waals surface area (Å²) in [5.41, 5.74) is 3.56. The highest BCUT2D eigenvalue weighted by atomic mass is 19.3. The summed E-state index contributed by atoms with van der Waals surface area (Å²) < 4.78 is 33.6. The molecule has 2 fully saturated rings. The SMILES string of the molecule is CCO[C@H]1CC[C@@H](Nc2ncc3c(-c4ccn5ncc(C(=O)NCC6CC(F)(F)C6)c5c4)c[nH]c3n2)CC1. The Morgan fingerprint density at radius 1 is 1.24 bits per heavy atom. The van der Waals surface area contributed by atoms with Crippen molar-refractivity contribution in [1.82, 2.24) is 29.9 Å². The quantitative estimate of drug-likeness (QED) is 0.306. The second-order valence-electron chi connectivity index (χ2n) is 10.4. The Kier molecular flexibility index (Phi) is 6.46. The van der Waals surface area contributed by atoms with Gasteiger partial charge in [0.25, 0.3) is 5.91 Å². The summed E-state index contributed by atoms with van der Waals surface area (Å²) in [4.78, 5) is 25.3. The van der Waals surface area contributed by atoms with Crippen molar-refractivity contribution < 1.29 is 18.3 Å². The van der Waals surface area contributed by atoms with E-state index in [2.05, 4.69) is 30.7 Å². The molecule has 0 bridgehead atoms. The van der Waals surface area contributed by atoms with Crippen LogP contribution in [0.3, 0.4) is 0 Å². The molecule has 2 saturated carbocycles. The summed E-state index contributed by atoms with van der Waals surface area (Å²) in [6.45, 7) is 3.02. The Balaban J connectivity index is 1.17. The zero-order valence-corrected chi connectivity index (χ0v) is 21.2. The molecule has 6 rings (SSSR count). The third-order valence-corrected chi connectivity index (χ3v) is 7.65. The van der Waals surface area contributed by atoms with Gasteiger partial charge < -0.3 is 20.4 Å². The fraction of sp³-hybridized carbons (Fsp3) is 0.481. The number of carbonyl (C=O) groups excluding carboxylic acids is 1. The highest BCUT2D eigenvalue weighted by Crippen LogP contribution is 2.41. The normalized spacial score (nSPS) is 21.4. The van der Waals surface area contributed by atoms with Gasteiger partial charge in [-0.2, -0.15) is 10.1 Å². The van der Waals surface area contributed by atoms with Crippen LogP contribution in [0, 0.1) is 5.92 Å². The van der Waals surface area contributed by atoms with E-state index in [-0.39, 0.29) is 31.2 Å². The molecule has 4 aromatic heterocycles. The number of H-pyrrole nitrogens is 1. The van der Waals surface area contributed by atoms with Crippen LogP contribution in [0.25, 0.3) is 27.7 Å². The first-order valence-corrected chi connectivity index (χ1v) is 13.2. The summed E-state index contributed by atoms with van der Waals surface area (Å²) >= 11 is 0. The lowest BCUT2D eigenvalue weighted by Crippen LogP contribution is -2.42. The van der Waals surface area contributed by atoms with Gasteiger partial charge in [-0.05, 0) is 56.2 Å². The average Bonchev–Trinajstić information content (AvgIpc) is 3.51. The highest BCUT2D eigenvalue weighted by Gasteiger charge is 2.45. The average molecular weight is 524 g/mol. The monoisotopic (exact) mass is 523 g/mol. The minimum Gasteiger partial charge on any atom is -0.379 e. The zero-order valence-electron chi connectivity index (χ0n) is 21.2. The Morgan fingerprint density at radius 2 is 2.05 bits per heavy atom. The lowest BCUT2D eigenvalue weighted by Gasteiger charge is -2.34. The van der Waals surface area contributed by atoms with Crippen LogP contribution in [0.1, 0.15) is 55.8 Å². The number of nitrogens with one attached hydrogen (secondary N) is 3. The summed E-state index contributed by atoms with van der Waals surface area (Å²) in [6.07, 6.45) is 11.1. The molecule has 2 aliphatic rings. The number of aromatic nitrogens is 5. The molecule has 0 atom stereocenters. The molecule has 38 heavy (non-hydrogen) atoms. The van der Waals surface area contributed by atoms with E-state index in [0.29, 0.717) is 29.2 Å². The standard InChI is InChI=1S/C27H31F2N7O2/c1-2-38-19-5-3-18(4-6-19)34-26-32-14-21-20(13-30-24(21)35-26)17-7-8-36-23(9-17)22(15-33-36)25(37)31-12-16-10-27(28,29)11-16/h7-9,13-16,18-19H,2-6,10-12H2,1H3,(H,31,37)(H2,30,32,34,35)/t18-,19+. The lowest BCUT2D eigenvalue weighted by molar-refractivity contribution is -0.108. The van der Waals surface area contributed by atoms with Gasteiger partial charge in [0.15, 0.2) is 0 Å². The topological polar surface area (TPSA) is 109 Å². The first-order valence-electron chi connectivity index (χ1n) is 13.2. The van der Waals surface area contributed by atoms with Crippen molar-refractivity contribution in [1.29, 1.82) is 0 Å². The summed E-state index contributed by atoms with van der Waals surface area (Å²) in [5.74, 6) is -2.51. The number of anilines is 1. The third kappa shape index (κ3) is 4.94. The minimum atomic E-state index is -2.60. The fourth-order valence-corrected chi connectivity index (χ4v) is 5.59. The zero-order chi connectivity index (χ0) is 26.3. The van der Waals surface area contributed by atoms with Gasteiger partial charge >= 0.3 is 0 Å². The van der Waals surface area contributed by atoms with Crippen LogP contribution < -0.4 is 10.6 Å². The first kappa shape index (κ1) is 24.7. The highest BCUT2D eigenvalue weighted by molar-refractivity contribution is 6.02. The molecule has 0 unspecified atom stereocenters. The molecule has 0 spiro atoms. The third-order valence-electron chi connectivity index (χ3n) is 7.65. The van der Waals surface area contributed by atoms with E-state index in [4.69, 9.17) is 4.74 Å². The number of carbonyl (C=O) groups is 1. The number of hydrogen-bond acceptors (Lipinski definition) is 6. The van der Waals surface area contributed by atoms with Crippen LogP contribution in [0.15, 0.2) is 36.9 Å². The number of ether oxygens (including phenoxy) is 1. The first-order chi connectivity index (χ1) is 18.4. The molecular weight excluding hydrogens is 492 g/mol. The number of fused-ring (bicyclic) bond motifs is 2. The number of pyridine rings is 1. The molecule has 2 aliphatic carbocycles. The van der Waals surface area contributed by atoms with Crippen LogP contribution in [0.2, 0.25) is 0 Å². The van der Waals surface area contributed by atoms with Crippen molar-refractivity contribution in [3.05, 3.63) is 42.5 Å². The van der Waals surface area contributed by atoms with E-state index in [0.717, 1.165) is 54.5 Å². The van der Waals surface area contributed by atoms with Crippen molar-refractivity contribution in [2.24, 2.45) is 5.92 Å². The van der Waals surface area contributed by atoms with E-state index in [9.17, 15) is 13.6 Å². The molecule has 9 nitrogen and oxygen atoms in total. The molecule has 3 N–H and O–H groups in total. The van der Waals surface area contributed by atoms with Crippen molar-refractivity contribution in [2.75, 3.05) is 18.5 Å². The van der Waals surface area contributed by atoms with Gasteiger partial charge in [-0.1, -0.05) is 0 Å². The van der Waals surface area contributed by atoms with Gasteiger partial charge in [0.05, 0.1) is 23.4 Å². The number of amides is 1. The smallest absolute Gasteiger partial charge is 0.255 e. The van der Waals surface area contributed by atoms with Crippen LogP contribution in [0.4, 0.5) is 14.7 Å². The lowest BCUT2D eigenvalue weighted by atomic mass is 9.81. The summed E-state index contributed by atoms with van der Waals surface area (Å²) in [6, 6.07) is 4.14. The Labute approximate surface area is 218 Å². The number of aromatic amines is 1. The maximum atomic E-state index is 13.1. The molecule has 4 aromatic rings. The fourth-order valence-electron chi connectivity index (χ4n) is 5.59. The molecule has 0 radical (unpaired) electrons. The van der Waals surface area contributed by atoms with Gasteiger partial charge in [0.1, 0.15) is 5.65 Å². The molecule has 0 aromatic carbocycles. The van der Waals surface area contributed by atoms with Crippen molar-refractivity contribution in [3.8, 4) is 11.1 Å². The molecule has 11 heteroatoms. The Hall–Kier alpha value is -3.60. The number of nitrogens with zero attached hydrogens (tertiary/aromatic N) is 4. The van der Waals surface area contributed by atoms with Crippen LogP contribution in [-0.2, 0) is 4.74 Å². The van der Waals surface area contributed by atoms with Crippen molar-refractivity contribution in [3.63, 3.8) is 0 Å². The van der Waals surface area contributed by atoms with Crippen LogP contribution in [0.5, 0.6) is 0 Å². The number of halogens is 2. The van der Waals surface area contributed by atoms with Crippen LogP contribution in [-0.4, -0.2) is 61.7 Å². The molecular formula is C27H31F2N7O2. The molecule has 4 heterocycles. The molecule has 0 saturated heterocycles. The van der Waals surface area contributed by atoms with Gasteiger partial charge in [-0.3, -0.25) is 4.79 Å². The predicted octanol–water partition coefficient (Wildman–Crippen LogP) is 4.81. The minimum absolute atomic E-state index is 0.179. The maximum Gasteiger partial charge on any atom is 0.255 e. The number of alkyl halides is 2. The van der Waals surface area contributed by atoms with Gasteiger partial charge in [0.2, 0.25) is 11.9 Å². The van der Waals surface area contributed by atoms with Gasteiger partial charge in [-0.25, -0.2) is 18.3 Å². The van der Waals surface area contributed by atoms with Crippen molar-refractivity contribution >= 4 is 28.4 Å². The van der Waals surface area contributed by atoms with E-state index in [1.54, 1.807) is 10.7 Å². The number of hydrogen-bond donors (Lipinski definition) is 3. The van der Waals surface area contributed by atoms with Gasteiger partial charge in [-0.15, -0.1) is 0 Å². The molecule has 1 amide bonds. The largest absolute Gasteiger partial charge is 0.379 e. The van der Waals surface area contributed by atoms with Crippen molar-refractivity contribution in [2.45, 2.75) is 63.5 Å². The molecule has 0 aliphatic heterocycles. The van der Waals surface area contributed by atoms with E-state index in [1.165, 1.54) is 6.20 Å². The van der Waals surface area contributed by atoms with Gasteiger partial charge in [0, 0.05) is 61.6 Å². The Morgan fingerprint density at radius 3 is 2.82 bits per heavy atom. The summed E-state index contributed by atoms with van der Waals surface area (Å²) in [7, 11) is 0. The number of rotatable bonds is 8. The predicted molar refractivity (Wildman–Crippen MR) is 139 cm³/mol. The van der Waals surface area contributed by atoms with E-state index in [1.807, 2.05) is 31.5 Å². The second kappa shape index (κ2) is 9.94. The second-order valence-corrected chi connectivity index (χ2v) is 10.4. The van der Waals surface area contributed by atoms with E-state index >= 15 is 0 Å². The van der Waals surface area contributed by atoms with E-state index < -0.39 is 5.92 Å².